The van der Waals surface area contributed by atoms with Crippen LogP contribution < -0.4 is 4.74 Å². The Labute approximate surface area is 277 Å². The molecule has 236 valence electrons. The predicted molar refractivity (Wildman–Crippen MR) is 194 cm³/mol. The first-order chi connectivity index (χ1) is 22.7. The molecule has 0 radical (unpaired) electrons. The smallest absolute Gasteiger partial charge is 0.137 e. The van der Waals surface area contributed by atoms with Crippen LogP contribution in [-0.4, -0.2) is 19.3 Å². The molecule has 3 heterocycles. The molecule has 7 rings (SSSR count). The summed E-state index contributed by atoms with van der Waals surface area (Å²) in [7, 11) is 0. The van der Waals surface area contributed by atoms with Crippen LogP contribution in [0.15, 0.2) is 109 Å². The van der Waals surface area contributed by atoms with Crippen molar-refractivity contribution >= 4 is 21.8 Å². The van der Waals surface area contributed by atoms with Gasteiger partial charge in [-0.2, -0.15) is 5.10 Å². The Morgan fingerprint density at radius 3 is 2.32 bits per heavy atom. The minimum absolute atomic E-state index is 0.181. The van der Waals surface area contributed by atoms with Gasteiger partial charge in [0.2, 0.25) is 0 Å². The molecule has 7 aromatic rings. The van der Waals surface area contributed by atoms with Crippen molar-refractivity contribution in [2.24, 2.45) is 5.41 Å². The van der Waals surface area contributed by atoms with Crippen molar-refractivity contribution in [3.63, 3.8) is 0 Å². The fourth-order valence-electron chi connectivity index (χ4n) is 6.84. The van der Waals surface area contributed by atoms with Gasteiger partial charge < -0.3 is 4.74 Å². The minimum atomic E-state index is 0.181. The van der Waals surface area contributed by atoms with E-state index in [1.807, 2.05) is 29.1 Å². The molecule has 0 saturated carbocycles. The second-order valence-corrected chi connectivity index (χ2v) is 13.8. The lowest BCUT2D eigenvalue weighted by Gasteiger charge is -2.18. The average molecular weight is 619 g/mol. The highest BCUT2D eigenvalue weighted by molar-refractivity contribution is 6.09. The first kappa shape index (κ1) is 30.5. The number of hydrogen-bond acceptors (Lipinski definition) is 3. The maximum Gasteiger partial charge on any atom is 0.137 e. The zero-order valence-electron chi connectivity index (χ0n) is 28.2. The number of aryl methyl sites for hydroxylation is 2. The van der Waals surface area contributed by atoms with Crippen LogP contribution in [-0.2, 0) is 12.8 Å². The summed E-state index contributed by atoms with van der Waals surface area (Å²) in [4.78, 5) is 4.88. The molecule has 0 aliphatic heterocycles. The third-order valence-corrected chi connectivity index (χ3v) is 8.77. The van der Waals surface area contributed by atoms with Gasteiger partial charge in [0.25, 0.3) is 0 Å². The monoisotopic (exact) mass is 618 g/mol. The molecule has 0 aliphatic rings. The quantitative estimate of drug-likeness (QED) is 0.170. The van der Waals surface area contributed by atoms with Gasteiger partial charge in [0.05, 0.1) is 22.4 Å². The van der Waals surface area contributed by atoms with Gasteiger partial charge in [-0.3, -0.25) is 4.57 Å². The molecule has 0 N–H and O–H groups in total. The highest BCUT2D eigenvalue weighted by Crippen LogP contribution is 2.37. The highest BCUT2D eigenvalue weighted by atomic mass is 16.5. The zero-order valence-corrected chi connectivity index (χ0v) is 28.2. The van der Waals surface area contributed by atoms with Gasteiger partial charge in [0.1, 0.15) is 17.3 Å². The lowest BCUT2D eigenvalue weighted by molar-refractivity contribution is 0.411. The van der Waals surface area contributed by atoms with Crippen molar-refractivity contribution in [2.75, 3.05) is 0 Å². The SMILES string of the molecule is CCCc1ccc2c(c1)c1ccc(Oc3cccc(-n4nc(C)c(-c5ccccc5)c4C)c3)cc1n2-c1cc(CC(C)(C)C)ccn1. The van der Waals surface area contributed by atoms with Gasteiger partial charge >= 0.3 is 0 Å². The van der Waals surface area contributed by atoms with Crippen LogP contribution in [0.5, 0.6) is 11.5 Å². The third kappa shape index (κ3) is 6.06. The fourth-order valence-corrected chi connectivity index (χ4v) is 6.84. The molecular formula is C42H42N4O. The second-order valence-electron chi connectivity index (χ2n) is 13.8. The van der Waals surface area contributed by atoms with E-state index in [9.17, 15) is 0 Å². The molecule has 4 aromatic carbocycles. The van der Waals surface area contributed by atoms with Crippen LogP contribution in [0.3, 0.4) is 0 Å². The van der Waals surface area contributed by atoms with Crippen molar-refractivity contribution in [1.29, 1.82) is 0 Å². The fraction of sp³-hybridized carbons (Fsp3) is 0.238. The minimum Gasteiger partial charge on any atom is -0.457 e. The summed E-state index contributed by atoms with van der Waals surface area (Å²) in [5.41, 5.74) is 10.4. The second kappa shape index (κ2) is 12.2. The Morgan fingerprint density at radius 1 is 0.723 bits per heavy atom. The first-order valence-corrected chi connectivity index (χ1v) is 16.6. The lowest BCUT2D eigenvalue weighted by Crippen LogP contribution is -2.10. The summed E-state index contributed by atoms with van der Waals surface area (Å²) in [5, 5.41) is 7.35. The summed E-state index contributed by atoms with van der Waals surface area (Å²) in [6.45, 7) is 13.3. The van der Waals surface area contributed by atoms with Crippen LogP contribution in [0.1, 0.15) is 56.6 Å². The number of nitrogens with zero attached hydrogens (tertiary/aromatic N) is 4. The Hall–Kier alpha value is -5.16. The van der Waals surface area contributed by atoms with Gasteiger partial charge in [-0.05, 0) is 97.3 Å². The van der Waals surface area contributed by atoms with Crippen LogP contribution >= 0.6 is 0 Å². The Bertz CT molecular complexity index is 2220. The maximum atomic E-state index is 6.57. The van der Waals surface area contributed by atoms with E-state index in [2.05, 4.69) is 131 Å². The molecule has 0 saturated heterocycles. The lowest BCUT2D eigenvalue weighted by atomic mass is 9.88. The Balaban J connectivity index is 1.30. The molecule has 0 fully saturated rings. The number of rotatable bonds is 8. The van der Waals surface area contributed by atoms with Crippen LogP contribution in [0.4, 0.5) is 0 Å². The van der Waals surface area contributed by atoms with E-state index in [0.717, 1.165) is 70.3 Å². The van der Waals surface area contributed by atoms with Crippen molar-refractivity contribution < 1.29 is 4.74 Å². The van der Waals surface area contributed by atoms with Crippen molar-refractivity contribution in [2.45, 2.75) is 60.8 Å². The molecule has 0 bridgehead atoms. The predicted octanol–water partition coefficient (Wildman–Crippen LogP) is 11.0. The van der Waals surface area contributed by atoms with E-state index >= 15 is 0 Å². The van der Waals surface area contributed by atoms with Crippen molar-refractivity contribution in [3.8, 4) is 34.1 Å². The summed E-state index contributed by atoms with van der Waals surface area (Å²) < 4.78 is 10.9. The van der Waals surface area contributed by atoms with E-state index in [4.69, 9.17) is 14.8 Å². The molecule has 0 aliphatic carbocycles. The van der Waals surface area contributed by atoms with E-state index in [1.165, 1.54) is 27.5 Å². The van der Waals surface area contributed by atoms with Crippen LogP contribution in [0, 0.1) is 19.3 Å². The van der Waals surface area contributed by atoms with E-state index in [-0.39, 0.29) is 5.41 Å². The van der Waals surface area contributed by atoms with E-state index in [1.54, 1.807) is 0 Å². The normalized spacial score (nSPS) is 11.9. The van der Waals surface area contributed by atoms with Gasteiger partial charge in [-0.25, -0.2) is 9.67 Å². The molecule has 3 aromatic heterocycles. The van der Waals surface area contributed by atoms with E-state index < -0.39 is 0 Å². The Kier molecular flexibility index (Phi) is 7.93. The van der Waals surface area contributed by atoms with Crippen molar-refractivity contribution in [3.05, 3.63) is 132 Å². The molecule has 5 nitrogen and oxygen atoms in total. The van der Waals surface area contributed by atoms with Gasteiger partial charge in [-0.15, -0.1) is 0 Å². The number of fused-ring (bicyclic) bond motifs is 3. The summed E-state index contributed by atoms with van der Waals surface area (Å²) >= 11 is 0. The van der Waals surface area contributed by atoms with Gasteiger partial charge in [0.15, 0.2) is 0 Å². The first-order valence-electron chi connectivity index (χ1n) is 16.6. The summed E-state index contributed by atoms with van der Waals surface area (Å²) in [6.07, 6.45) is 5.09. The molecule has 0 amide bonds. The molecular weight excluding hydrogens is 576 g/mol. The number of benzene rings is 4. The number of aromatic nitrogens is 4. The summed E-state index contributed by atoms with van der Waals surface area (Å²) in [5.74, 6) is 2.46. The van der Waals surface area contributed by atoms with Crippen LogP contribution in [0.25, 0.3) is 44.4 Å². The average Bonchev–Trinajstić information content (AvgIpc) is 3.53. The number of pyridine rings is 1. The topological polar surface area (TPSA) is 44.9 Å². The number of ether oxygens (including phenoxy) is 1. The summed E-state index contributed by atoms with van der Waals surface area (Å²) in [6, 6.07) is 36.2. The highest BCUT2D eigenvalue weighted by Gasteiger charge is 2.18. The molecule has 0 spiro atoms. The van der Waals surface area contributed by atoms with Gasteiger partial charge in [0, 0.05) is 40.4 Å². The van der Waals surface area contributed by atoms with Gasteiger partial charge in [-0.1, -0.05) is 76.6 Å². The molecule has 5 heteroatoms. The van der Waals surface area contributed by atoms with Crippen molar-refractivity contribution in [1.82, 2.24) is 19.3 Å². The molecule has 0 atom stereocenters. The third-order valence-electron chi connectivity index (χ3n) is 8.77. The molecule has 0 unspecified atom stereocenters. The number of hydrogen-bond donors (Lipinski definition) is 0. The standard InChI is InChI=1S/C42H42N4O/c1-7-12-30-17-20-38-37(23-30)36-19-18-35(26-39(36)45(38)40-24-31(21-22-43-40)27-42(4,5)6)47-34-16-11-15-33(25-34)46-29(3)41(28(2)44-46)32-13-9-8-10-14-32/h8-11,13-26H,7,12,27H2,1-6H3. The van der Waals surface area contributed by atoms with Crippen LogP contribution in [0.2, 0.25) is 0 Å². The largest absolute Gasteiger partial charge is 0.457 e. The zero-order chi connectivity index (χ0) is 32.7. The Morgan fingerprint density at radius 2 is 1.53 bits per heavy atom. The maximum absolute atomic E-state index is 6.57. The molecule has 47 heavy (non-hydrogen) atoms. The van der Waals surface area contributed by atoms with E-state index in [0.29, 0.717) is 0 Å².